The molecule has 1 aromatic heterocycles. The number of anilines is 1. The highest BCUT2D eigenvalue weighted by Gasteiger charge is 2.40. The van der Waals surface area contributed by atoms with Crippen LogP contribution in [0.3, 0.4) is 0 Å². The third-order valence-electron chi connectivity index (χ3n) is 4.08. The van der Waals surface area contributed by atoms with Crippen molar-refractivity contribution in [3.63, 3.8) is 0 Å². The summed E-state index contributed by atoms with van der Waals surface area (Å²) in [5.41, 5.74) is 0.616. The Morgan fingerprint density at radius 2 is 2.05 bits per heavy atom. The van der Waals surface area contributed by atoms with Crippen LogP contribution in [0.15, 0.2) is 11.4 Å². The Labute approximate surface area is 133 Å². The highest BCUT2D eigenvalue weighted by atomic mass is 32.2. The summed E-state index contributed by atoms with van der Waals surface area (Å²) in [6.45, 7) is 7.16. The quantitative estimate of drug-likeness (QED) is 0.840. The van der Waals surface area contributed by atoms with Crippen molar-refractivity contribution >= 4 is 34.0 Å². The molecule has 21 heavy (non-hydrogen) atoms. The fourth-order valence-corrected chi connectivity index (χ4v) is 5.50. The van der Waals surface area contributed by atoms with E-state index in [2.05, 4.69) is 24.8 Å². The van der Waals surface area contributed by atoms with E-state index in [9.17, 15) is 4.79 Å². The van der Waals surface area contributed by atoms with Gasteiger partial charge in [-0.2, -0.15) is 17.0 Å². The van der Waals surface area contributed by atoms with Crippen LogP contribution in [0.5, 0.6) is 0 Å². The molecule has 0 radical (unpaired) electrons. The first-order chi connectivity index (χ1) is 10.1. The van der Waals surface area contributed by atoms with Crippen LogP contribution in [-0.2, 0) is 4.79 Å². The number of carbonyl (C=O) groups is 1. The van der Waals surface area contributed by atoms with Crippen LogP contribution < -0.4 is 4.90 Å². The first-order valence-corrected chi connectivity index (χ1v) is 9.11. The third kappa shape index (κ3) is 2.83. The summed E-state index contributed by atoms with van der Waals surface area (Å²) in [5, 5.41) is 13.0. The highest BCUT2D eigenvalue weighted by Crippen LogP contribution is 2.34. The molecule has 0 aliphatic carbocycles. The van der Waals surface area contributed by atoms with E-state index >= 15 is 0 Å². The lowest BCUT2D eigenvalue weighted by Crippen LogP contribution is -2.49. The Kier molecular flexibility index (Phi) is 4.25. The zero-order valence-corrected chi connectivity index (χ0v) is 13.9. The summed E-state index contributed by atoms with van der Waals surface area (Å²) in [5.74, 6) is 0.167. The fourth-order valence-electron chi connectivity index (χ4n) is 3.27. The Morgan fingerprint density at radius 1 is 1.33 bits per heavy atom. The van der Waals surface area contributed by atoms with E-state index in [0.717, 1.165) is 31.1 Å². The Hall–Kier alpha value is -1.03. The molecule has 3 heterocycles. The van der Waals surface area contributed by atoms with Crippen LogP contribution in [0.25, 0.3) is 0 Å². The van der Waals surface area contributed by atoms with Gasteiger partial charge in [0, 0.05) is 30.1 Å². The number of thiophene rings is 1. The molecule has 0 bridgehead atoms. The summed E-state index contributed by atoms with van der Waals surface area (Å²) >= 11 is 3.49. The first-order valence-electron chi connectivity index (χ1n) is 7.28. The SMILES string of the molecule is CC1CN(C2CCN(c3sccc3C#N)C2=O)CC(C)S1. The Morgan fingerprint density at radius 3 is 2.71 bits per heavy atom. The minimum atomic E-state index is -0.00978. The third-order valence-corrected chi connectivity index (χ3v) is 6.24. The maximum absolute atomic E-state index is 12.8. The molecule has 0 spiro atoms. The maximum Gasteiger partial charge on any atom is 0.245 e. The summed E-state index contributed by atoms with van der Waals surface area (Å²) in [7, 11) is 0. The van der Waals surface area contributed by atoms with Crippen molar-refractivity contribution < 1.29 is 4.79 Å². The number of thioether (sulfide) groups is 1. The van der Waals surface area contributed by atoms with E-state index in [1.54, 1.807) is 6.07 Å². The van der Waals surface area contributed by atoms with Crippen molar-refractivity contribution in [2.75, 3.05) is 24.5 Å². The van der Waals surface area contributed by atoms with Gasteiger partial charge < -0.3 is 4.90 Å². The molecule has 0 N–H and O–H groups in total. The largest absolute Gasteiger partial charge is 0.301 e. The molecule has 3 rings (SSSR count). The van der Waals surface area contributed by atoms with Crippen LogP contribution in [-0.4, -0.2) is 47.0 Å². The van der Waals surface area contributed by atoms with Gasteiger partial charge in [0.1, 0.15) is 11.1 Å². The zero-order chi connectivity index (χ0) is 15.0. The van der Waals surface area contributed by atoms with Gasteiger partial charge in [0.05, 0.1) is 11.6 Å². The second-order valence-electron chi connectivity index (χ2n) is 5.76. The molecule has 2 saturated heterocycles. The van der Waals surface area contributed by atoms with Gasteiger partial charge in [-0.05, 0) is 17.9 Å². The average molecular weight is 321 g/mol. The molecule has 2 aliphatic heterocycles. The number of hydrogen-bond donors (Lipinski definition) is 0. The minimum Gasteiger partial charge on any atom is -0.301 e. The van der Waals surface area contributed by atoms with Gasteiger partial charge in [-0.25, -0.2) is 0 Å². The number of amides is 1. The number of nitrogens with zero attached hydrogens (tertiary/aromatic N) is 3. The highest BCUT2D eigenvalue weighted by molar-refractivity contribution is 8.00. The lowest BCUT2D eigenvalue weighted by atomic mass is 10.2. The number of nitriles is 1. The molecular weight excluding hydrogens is 302 g/mol. The van der Waals surface area contributed by atoms with E-state index in [0.29, 0.717) is 16.1 Å². The zero-order valence-electron chi connectivity index (χ0n) is 12.3. The fraction of sp³-hybridized carbons (Fsp3) is 0.600. The minimum absolute atomic E-state index is 0.00978. The standard InChI is InChI=1S/C15H19N3OS2/c1-10-8-17(9-11(2)21-10)13-3-5-18(14(13)19)15-12(7-16)4-6-20-15/h4,6,10-11,13H,3,5,8-9H2,1-2H3. The number of rotatable bonds is 2. The first kappa shape index (κ1) is 14.9. The van der Waals surface area contributed by atoms with E-state index in [-0.39, 0.29) is 11.9 Å². The lowest BCUT2D eigenvalue weighted by molar-refractivity contribution is -0.121. The van der Waals surface area contributed by atoms with Crippen LogP contribution in [0.4, 0.5) is 5.00 Å². The van der Waals surface area contributed by atoms with E-state index < -0.39 is 0 Å². The maximum atomic E-state index is 12.8. The van der Waals surface area contributed by atoms with Gasteiger partial charge in [-0.1, -0.05) is 13.8 Å². The Bertz CT molecular complexity index is 570. The molecule has 2 aliphatic rings. The van der Waals surface area contributed by atoms with Crippen LogP contribution in [0, 0.1) is 11.3 Å². The molecule has 112 valence electrons. The summed E-state index contributed by atoms with van der Waals surface area (Å²) < 4.78 is 0. The molecule has 0 aromatic carbocycles. The van der Waals surface area contributed by atoms with E-state index in [4.69, 9.17) is 5.26 Å². The molecule has 4 nitrogen and oxygen atoms in total. The van der Waals surface area contributed by atoms with E-state index in [1.807, 2.05) is 22.0 Å². The smallest absolute Gasteiger partial charge is 0.245 e. The van der Waals surface area contributed by atoms with Crippen molar-refractivity contribution in [2.24, 2.45) is 0 Å². The van der Waals surface area contributed by atoms with Gasteiger partial charge >= 0.3 is 0 Å². The number of carbonyl (C=O) groups excluding carboxylic acids is 1. The van der Waals surface area contributed by atoms with Crippen molar-refractivity contribution in [3.8, 4) is 6.07 Å². The predicted molar refractivity (Wildman–Crippen MR) is 87.9 cm³/mol. The molecule has 0 saturated carbocycles. The number of hydrogen-bond acceptors (Lipinski definition) is 5. The molecule has 6 heteroatoms. The average Bonchev–Trinajstić information content (AvgIpc) is 3.03. The van der Waals surface area contributed by atoms with Crippen molar-refractivity contribution in [2.45, 2.75) is 36.8 Å². The molecule has 1 amide bonds. The van der Waals surface area contributed by atoms with E-state index in [1.165, 1.54) is 11.3 Å². The molecule has 1 aromatic rings. The summed E-state index contributed by atoms with van der Waals surface area (Å²) in [6, 6.07) is 3.97. The van der Waals surface area contributed by atoms with Gasteiger partial charge in [-0.15, -0.1) is 11.3 Å². The van der Waals surface area contributed by atoms with Crippen molar-refractivity contribution in [1.82, 2.24) is 4.90 Å². The molecule has 3 unspecified atom stereocenters. The monoisotopic (exact) mass is 321 g/mol. The second-order valence-corrected chi connectivity index (χ2v) is 8.53. The topological polar surface area (TPSA) is 47.3 Å². The molecular formula is C15H19N3OS2. The lowest BCUT2D eigenvalue weighted by Gasteiger charge is -2.37. The van der Waals surface area contributed by atoms with Crippen molar-refractivity contribution in [3.05, 3.63) is 17.0 Å². The summed E-state index contributed by atoms with van der Waals surface area (Å²) in [4.78, 5) is 16.9. The predicted octanol–water partition coefficient (Wildman–Crippen LogP) is 2.55. The normalized spacial score (nSPS) is 30.6. The van der Waals surface area contributed by atoms with Gasteiger partial charge in [0.25, 0.3) is 0 Å². The van der Waals surface area contributed by atoms with Gasteiger partial charge in [-0.3, -0.25) is 9.69 Å². The summed E-state index contributed by atoms with van der Waals surface area (Å²) in [6.07, 6.45) is 0.867. The van der Waals surface area contributed by atoms with Crippen molar-refractivity contribution in [1.29, 1.82) is 5.26 Å². The van der Waals surface area contributed by atoms with Crippen LogP contribution in [0.2, 0.25) is 0 Å². The molecule has 3 atom stereocenters. The Balaban J connectivity index is 1.76. The second kappa shape index (κ2) is 5.99. The van der Waals surface area contributed by atoms with Crippen LogP contribution in [0.1, 0.15) is 25.8 Å². The molecule has 2 fully saturated rings. The van der Waals surface area contributed by atoms with Gasteiger partial charge in [0.2, 0.25) is 5.91 Å². The van der Waals surface area contributed by atoms with Gasteiger partial charge in [0.15, 0.2) is 0 Å². The van der Waals surface area contributed by atoms with Crippen LogP contribution >= 0.6 is 23.1 Å².